The average molecular weight is 287 g/mol. The van der Waals surface area contributed by atoms with Gasteiger partial charge in [-0.3, -0.25) is 0 Å². The van der Waals surface area contributed by atoms with E-state index >= 15 is 0 Å². The van der Waals surface area contributed by atoms with Crippen molar-refractivity contribution in [2.24, 2.45) is 0 Å². The number of aromatic nitrogens is 4. The minimum atomic E-state index is -0.745. The molecule has 0 aliphatic carbocycles. The molecule has 0 unspecified atom stereocenters. The molecule has 5 nitrogen and oxygen atoms in total. The van der Waals surface area contributed by atoms with E-state index in [9.17, 15) is 8.78 Å². The van der Waals surface area contributed by atoms with Gasteiger partial charge in [0.15, 0.2) is 11.6 Å². The van der Waals surface area contributed by atoms with Gasteiger partial charge in [0.05, 0.1) is 0 Å². The summed E-state index contributed by atoms with van der Waals surface area (Å²) in [4.78, 5) is 0. The zero-order valence-corrected chi connectivity index (χ0v) is 11.1. The normalized spacial score (nSPS) is 10.8. The molecule has 0 radical (unpaired) electrons. The van der Waals surface area contributed by atoms with Gasteiger partial charge < -0.3 is 5.73 Å². The molecule has 1 aromatic heterocycles. The zero-order chi connectivity index (χ0) is 15.0. The molecule has 0 aliphatic heterocycles. The fourth-order valence-electron chi connectivity index (χ4n) is 2.05. The monoisotopic (exact) mass is 287 g/mol. The first kappa shape index (κ1) is 13.2. The summed E-state index contributed by atoms with van der Waals surface area (Å²) in [5.74, 6) is -1.07. The highest BCUT2D eigenvalue weighted by atomic mass is 19.1. The predicted molar refractivity (Wildman–Crippen MR) is 73.7 cm³/mol. The van der Waals surface area contributed by atoms with Gasteiger partial charge in [-0.15, -0.1) is 5.10 Å². The first-order valence-corrected chi connectivity index (χ1v) is 6.16. The van der Waals surface area contributed by atoms with Crippen molar-refractivity contribution in [2.75, 3.05) is 5.73 Å². The van der Waals surface area contributed by atoms with Crippen LogP contribution in [0.2, 0.25) is 0 Å². The van der Waals surface area contributed by atoms with Gasteiger partial charge in [-0.2, -0.15) is 4.68 Å². The van der Waals surface area contributed by atoms with Gasteiger partial charge in [0, 0.05) is 17.3 Å². The van der Waals surface area contributed by atoms with Crippen molar-refractivity contribution in [2.45, 2.75) is 6.92 Å². The lowest BCUT2D eigenvalue weighted by Crippen LogP contribution is -2.04. The summed E-state index contributed by atoms with van der Waals surface area (Å²) in [6.07, 6.45) is 0. The fraction of sp³-hybridized carbons (Fsp3) is 0.0714. The maximum atomic E-state index is 13.9. The van der Waals surface area contributed by atoms with E-state index in [0.29, 0.717) is 17.1 Å². The number of aryl methyl sites for hydroxylation is 1. The summed E-state index contributed by atoms with van der Waals surface area (Å²) >= 11 is 0. The molecule has 0 saturated heterocycles. The quantitative estimate of drug-likeness (QED) is 0.735. The molecule has 1 heterocycles. The standard InChI is InChI=1S/C14H11F2N5/c1-8-2-4-10(17)7-11(8)14-18-19-20-21(14)13-5-3-9(15)6-12(13)16/h2-7H,17H2,1H3. The van der Waals surface area contributed by atoms with E-state index in [2.05, 4.69) is 15.5 Å². The second kappa shape index (κ2) is 4.93. The van der Waals surface area contributed by atoms with E-state index in [1.165, 1.54) is 10.7 Å². The molecule has 0 aliphatic rings. The maximum Gasteiger partial charge on any atom is 0.187 e. The Balaban J connectivity index is 2.19. The zero-order valence-electron chi connectivity index (χ0n) is 11.1. The summed E-state index contributed by atoms with van der Waals surface area (Å²) in [6.45, 7) is 1.87. The van der Waals surface area contributed by atoms with E-state index < -0.39 is 11.6 Å². The first-order chi connectivity index (χ1) is 10.1. The number of benzene rings is 2. The van der Waals surface area contributed by atoms with Gasteiger partial charge in [-0.25, -0.2) is 8.78 Å². The van der Waals surface area contributed by atoms with E-state index in [1.54, 1.807) is 12.1 Å². The van der Waals surface area contributed by atoms with Crippen LogP contribution >= 0.6 is 0 Å². The summed E-state index contributed by atoms with van der Waals surface area (Å²) < 4.78 is 28.1. The first-order valence-electron chi connectivity index (χ1n) is 6.16. The molecule has 3 aromatic rings. The number of nitrogen functional groups attached to an aromatic ring is 1. The molecule has 0 fully saturated rings. The van der Waals surface area contributed by atoms with Gasteiger partial charge in [-0.05, 0) is 47.2 Å². The number of nitrogens with zero attached hydrogens (tertiary/aromatic N) is 4. The second-order valence-electron chi connectivity index (χ2n) is 4.58. The van der Waals surface area contributed by atoms with Crippen LogP contribution in [0.3, 0.4) is 0 Å². The molecular weight excluding hydrogens is 276 g/mol. The van der Waals surface area contributed by atoms with Crippen LogP contribution in [-0.4, -0.2) is 20.2 Å². The number of hydrogen-bond acceptors (Lipinski definition) is 4. The van der Waals surface area contributed by atoms with Crippen LogP contribution in [0, 0.1) is 18.6 Å². The Hall–Kier alpha value is -2.83. The second-order valence-corrected chi connectivity index (χ2v) is 4.58. The maximum absolute atomic E-state index is 13.9. The van der Waals surface area contributed by atoms with Crippen molar-refractivity contribution in [3.63, 3.8) is 0 Å². The summed E-state index contributed by atoms with van der Waals surface area (Å²) in [6, 6.07) is 8.50. The molecule has 0 spiro atoms. The lowest BCUT2D eigenvalue weighted by atomic mass is 10.1. The summed E-state index contributed by atoms with van der Waals surface area (Å²) in [7, 11) is 0. The molecular formula is C14H11F2N5. The van der Waals surface area contributed by atoms with Gasteiger partial charge in [-0.1, -0.05) is 6.07 Å². The lowest BCUT2D eigenvalue weighted by molar-refractivity contribution is 0.572. The van der Waals surface area contributed by atoms with E-state index in [1.807, 2.05) is 13.0 Å². The Morgan fingerprint density at radius 1 is 1.10 bits per heavy atom. The number of nitrogens with two attached hydrogens (primary N) is 1. The number of tetrazole rings is 1. The number of anilines is 1. The number of halogens is 2. The summed E-state index contributed by atoms with van der Waals surface area (Å²) in [5, 5.41) is 11.3. The van der Waals surface area contributed by atoms with E-state index in [4.69, 9.17) is 5.73 Å². The molecule has 2 N–H and O–H groups in total. The van der Waals surface area contributed by atoms with Crippen LogP contribution in [0.4, 0.5) is 14.5 Å². The van der Waals surface area contributed by atoms with Crippen molar-refractivity contribution in [3.05, 3.63) is 53.6 Å². The molecule has 3 rings (SSSR count). The molecule has 7 heteroatoms. The average Bonchev–Trinajstić information content (AvgIpc) is 2.90. The molecule has 0 amide bonds. The van der Waals surface area contributed by atoms with Gasteiger partial charge in [0.1, 0.15) is 11.5 Å². The van der Waals surface area contributed by atoms with Crippen molar-refractivity contribution >= 4 is 5.69 Å². The third-order valence-electron chi connectivity index (χ3n) is 3.11. The Kier molecular flexibility index (Phi) is 3.09. The van der Waals surface area contributed by atoms with Gasteiger partial charge in [0.2, 0.25) is 0 Å². The third kappa shape index (κ3) is 2.33. The van der Waals surface area contributed by atoms with Crippen molar-refractivity contribution in [1.29, 1.82) is 0 Å². The largest absolute Gasteiger partial charge is 0.399 e. The molecule has 0 bridgehead atoms. The summed E-state index contributed by atoms with van der Waals surface area (Å²) in [5.41, 5.74) is 7.96. The van der Waals surface area contributed by atoms with E-state index in [-0.39, 0.29) is 5.69 Å². The Bertz CT molecular complexity index is 813. The Labute approximate surface area is 119 Å². The van der Waals surface area contributed by atoms with Crippen molar-refractivity contribution in [1.82, 2.24) is 20.2 Å². The van der Waals surface area contributed by atoms with Crippen LogP contribution in [0.5, 0.6) is 0 Å². The minimum Gasteiger partial charge on any atom is -0.399 e. The van der Waals surface area contributed by atoms with E-state index in [0.717, 1.165) is 17.7 Å². The molecule has 0 atom stereocenters. The smallest absolute Gasteiger partial charge is 0.187 e. The highest BCUT2D eigenvalue weighted by Gasteiger charge is 2.16. The SMILES string of the molecule is Cc1ccc(N)cc1-c1nnnn1-c1ccc(F)cc1F. The topological polar surface area (TPSA) is 69.6 Å². The Morgan fingerprint density at radius 3 is 2.67 bits per heavy atom. The lowest BCUT2D eigenvalue weighted by Gasteiger charge is -2.08. The third-order valence-corrected chi connectivity index (χ3v) is 3.11. The van der Waals surface area contributed by atoms with Crippen molar-refractivity contribution < 1.29 is 8.78 Å². The predicted octanol–water partition coefficient (Wildman–Crippen LogP) is 2.50. The van der Waals surface area contributed by atoms with Crippen molar-refractivity contribution in [3.8, 4) is 17.1 Å². The molecule has 21 heavy (non-hydrogen) atoms. The minimum absolute atomic E-state index is 0.0678. The van der Waals surface area contributed by atoms with Crippen LogP contribution in [0.25, 0.3) is 17.1 Å². The molecule has 106 valence electrons. The fourth-order valence-corrected chi connectivity index (χ4v) is 2.05. The van der Waals surface area contributed by atoms with Crippen LogP contribution in [0.1, 0.15) is 5.56 Å². The molecule has 0 saturated carbocycles. The van der Waals surface area contributed by atoms with Crippen LogP contribution in [0.15, 0.2) is 36.4 Å². The Morgan fingerprint density at radius 2 is 1.90 bits per heavy atom. The van der Waals surface area contributed by atoms with Gasteiger partial charge in [0.25, 0.3) is 0 Å². The number of hydrogen-bond donors (Lipinski definition) is 1. The highest BCUT2D eigenvalue weighted by Crippen LogP contribution is 2.26. The molecule has 2 aromatic carbocycles. The highest BCUT2D eigenvalue weighted by molar-refractivity contribution is 5.66. The van der Waals surface area contributed by atoms with Gasteiger partial charge >= 0.3 is 0 Å². The number of rotatable bonds is 2. The van der Waals surface area contributed by atoms with Crippen LogP contribution < -0.4 is 5.73 Å². The van der Waals surface area contributed by atoms with Crippen LogP contribution in [-0.2, 0) is 0 Å².